The summed E-state index contributed by atoms with van der Waals surface area (Å²) < 4.78 is 5.82. The second-order valence-electron chi connectivity index (χ2n) is 8.48. The molecule has 0 bridgehead atoms. The Morgan fingerprint density at radius 2 is 1.76 bits per heavy atom. The van der Waals surface area contributed by atoms with Gasteiger partial charge in [-0.05, 0) is 67.3 Å². The monoisotopic (exact) mass is 484 g/mol. The van der Waals surface area contributed by atoms with Gasteiger partial charge in [-0.15, -0.1) is 0 Å². The van der Waals surface area contributed by atoms with Gasteiger partial charge in [-0.1, -0.05) is 11.6 Å². The average molecular weight is 485 g/mol. The van der Waals surface area contributed by atoms with Gasteiger partial charge < -0.3 is 25.2 Å². The van der Waals surface area contributed by atoms with E-state index in [0.29, 0.717) is 69.2 Å². The maximum absolute atomic E-state index is 12.7. The van der Waals surface area contributed by atoms with Crippen LogP contribution < -0.4 is 15.4 Å². The molecule has 4 rings (SSSR count). The lowest BCUT2D eigenvalue weighted by molar-refractivity contribution is -0.131. The Hall–Kier alpha value is -3.26. The van der Waals surface area contributed by atoms with Crippen LogP contribution in [0.5, 0.6) is 5.75 Å². The van der Waals surface area contributed by atoms with E-state index < -0.39 is 0 Å². The van der Waals surface area contributed by atoms with Crippen LogP contribution >= 0.6 is 11.6 Å². The van der Waals surface area contributed by atoms with Crippen molar-refractivity contribution in [3.8, 4) is 5.75 Å². The molecule has 1 fully saturated rings. The number of aryl methyl sites for hydroxylation is 1. The molecule has 0 unspecified atom stereocenters. The molecule has 2 heterocycles. The van der Waals surface area contributed by atoms with Crippen LogP contribution in [0.3, 0.4) is 0 Å². The van der Waals surface area contributed by atoms with Gasteiger partial charge in [0.25, 0.3) is 0 Å². The number of carbonyl (C=O) groups excluding carboxylic acids is 3. The van der Waals surface area contributed by atoms with Crippen LogP contribution in [-0.4, -0.2) is 60.4 Å². The number of nitrogens with one attached hydrogen (secondary N) is 2. The molecule has 0 aromatic heterocycles. The molecule has 180 valence electrons. The quantitative estimate of drug-likeness (QED) is 0.602. The Bertz CT molecular complexity index is 1040. The summed E-state index contributed by atoms with van der Waals surface area (Å²) in [5.41, 5.74) is 2.61. The number of hydrogen-bond donors (Lipinski definition) is 2. The van der Waals surface area contributed by atoms with Crippen molar-refractivity contribution in [3.63, 3.8) is 0 Å². The standard InChI is InChI=1S/C25H29ClN4O4/c26-19-5-7-20(8-6-19)27-25(33)30-13-2-12-29(14-15-30)24(32)3-1-16-34-21-9-10-22-18(17-21)4-11-23(31)28-22/h5-10,17H,1-4,11-16H2,(H,27,33)(H,28,31). The van der Waals surface area contributed by atoms with Gasteiger partial charge in [0.2, 0.25) is 11.8 Å². The SMILES string of the molecule is O=C1CCc2cc(OCCCC(=O)N3CCCN(C(=O)Nc4ccc(Cl)cc4)CC3)ccc2N1. The third kappa shape index (κ3) is 6.41. The fourth-order valence-electron chi connectivity index (χ4n) is 4.13. The normalized spacial score (nSPS) is 15.7. The summed E-state index contributed by atoms with van der Waals surface area (Å²) in [6.45, 7) is 2.70. The van der Waals surface area contributed by atoms with Crippen LogP contribution in [-0.2, 0) is 16.0 Å². The van der Waals surface area contributed by atoms with Crippen molar-refractivity contribution in [2.45, 2.75) is 32.1 Å². The van der Waals surface area contributed by atoms with E-state index in [2.05, 4.69) is 10.6 Å². The number of benzene rings is 2. The van der Waals surface area contributed by atoms with Crippen molar-refractivity contribution >= 4 is 40.8 Å². The molecule has 0 spiro atoms. The van der Waals surface area contributed by atoms with E-state index in [1.165, 1.54) is 0 Å². The third-order valence-corrected chi connectivity index (χ3v) is 6.26. The van der Waals surface area contributed by atoms with Gasteiger partial charge in [0.15, 0.2) is 0 Å². The van der Waals surface area contributed by atoms with Crippen LogP contribution in [0, 0.1) is 0 Å². The smallest absolute Gasteiger partial charge is 0.321 e. The van der Waals surface area contributed by atoms with Crippen molar-refractivity contribution in [1.82, 2.24) is 9.80 Å². The first-order chi connectivity index (χ1) is 16.5. The number of hydrogen-bond acceptors (Lipinski definition) is 4. The van der Waals surface area contributed by atoms with Crippen molar-refractivity contribution in [3.05, 3.63) is 53.1 Å². The van der Waals surface area contributed by atoms with Crippen molar-refractivity contribution < 1.29 is 19.1 Å². The second-order valence-corrected chi connectivity index (χ2v) is 8.91. The zero-order valence-corrected chi connectivity index (χ0v) is 19.8. The number of anilines is 2. The van der Waals surface area contributed by atoms with Crippen LogP contribution in [0.1, 0.15) is 31.2 Å². The molecule has 2 aromatic carbocycles. The molecule has 34 heavy (non-hydrogen) atoms. The molecule has 0 radical (unpaired) electrons. The lowest BCUT2D eigenvalue weighted by atomic mass is 10.0. The molecule has 8 nitrogen and oxygen atoms in total. The second kappa shape index (κ2) is 11.2. The molecule has 2 aliphatic rings. The highest BCUT2D eigenvalue weighted by Gasteiger charge is 2.22. The van der Waals surface area contributed by atoms with Crippen molar-refractivity contribution in [2.24, 2.45) is 0 Å². The van der Waals surface area contributed by atoms with E-state index in [0.717, 1.165) is 23.4 Å². The highest BCUT2D eigenvalue weighted by molar-refractivity contribution is 6.30. The van der Waals surface area contributed by atoms with Gasteiger partial charge in [0.05, 0.1) is 6.61 Å². The molecule has 2 aliphatic heterocycles. The lowest BCUT2D eigenvalue weighted by Crippen LogP contribution is -2.39. The predicted octanol–water partition coefficient (Wildman–Crippen LogP) is 4.15. The zero-order chi connectivity index (χ0) is 23.9. The van der Waals surface area contributed by atoms with E-state index in [4.69, 9.17) is 16.3 Å². The van der Waals surface area contributed by atoms with Gasteiger partial charge >= 0.3 is 6.03 Å². The Morgan fingerprint density at radius 1 is 1.00 bits per heavy atom. The number of urea groups is 1. The average Bonchev–Trinajstić information content (AvgIpc) is 3.10. The molecule has 4 amide bonds. The third-order valence-electron chi connectivity index (χ3n) is 6.01. The summed E-state index contributed by atoms with van der Waals surface area (Å²) in [6.07, 6.45) is 2.95. The van der Waals surface area contributed by atoms with E-state index in [-0.39, 0.29) is 17.8 Å². The number of fused-ring (bicyclic) bond motifs is 1. The first-order valence-corrected chi connectivity index (χ1v) is 12.0. The number of halogens is 1. The largest absolute Gasteiger partial charge is 0.494 e. The Morgan fingerprint density at radius 3 is 2.59 bits per heavy atom. The van der Waals surface area contributed by atoms with Crippen LogP contribution in [0.2, 0.25) is 5.02 Å². The van der Waals surface area contributed by atoms with Crippen molar-refractivity contribution in [1.29, 1.82) is 0 Å². The first-order valence-electron chi connectivity index (χ1n) is 11.6. The van der Waals surface area contributed by atoms with Crippen molar-refractivity contribution in [2.75, 3.05) is 43.4 Å². The van der Waals surface area contributed by atoms with E-state index in [1.54, 1.807) is 29.2 Å². The van der Waals surface area contributed by atoms with E-state index >= 15 is 0 Å². The molecule has 9 heteroatoms. The number of amides is 4. The lowest BCUT2D eigenvalue weighted by Gasteiger charge is -2.22. The fraction of sp³-hybridized carbons (Fsp3) is 0.400. The minimum absolute atomic E-state index is 0.0403. The minimum atomic E-state index is -0.172. The molecule has 0 aliphatic carbocycles. The summed E-state index contributed by atoms with van der Waals surface area (Å²) in [4.78, 5) is 40.3. The van der Waals surface area contributed by atoms with Gasteiger partial charge in [-0.3, -0.25) is 9.59 Å². The molecule has 1 saturated heterocycles. The maximum Gasteiger partial charge on any atom is 0.321 e. The van der Waals surface area contributed by atoms with E-state index in [1.807, 2.05) is 23.1 Å². The Balaban J connectivity index is 1.18. The summed E-state index contributed by atoms with van der Waals surface area (Å²) in [5, 5.41) is 6.35. The van der Waals surface area contributed by atoms with Gasteiger partial charge in [-0.25, -0.2) is 4.79 Å². The molecule has 0 atom stereocenters. The summed E-state index contributed by atoms with van der Waals surface area (Å²) >= 11 is 5.89. The number of rotatable bonds is 6. The minimum Gasteiger partial charge on any atom is -0.494 e. The summed E-state index contributed by atoms with van der Waals surface area (Å²) in [5.74, 6) is 0.870. The van der Waals surface area contributed by atoms with Crippen LogP contribution in [0.25, 0.3) is 0 Å². The molecular weight excluding hydrogens is 456 g/mol. The first kappa shape index (κ1) is 23.9. The molecular formula is C25H29ClN4O4. The zero-order valence-electron chi connectivity index (χ0n) is 19.0. The summed E-state index contributed by atoms with van der Waals surface area (Å²) in [6, 6.07) is 12.5. The van der Waals surface area contributed by atoms with E-state index in [9.17, 15) is 14.4 Å². The Kier molecular flexibility index (Phi) is 7.90. The highest BCUT2D eigenvalue weighted by atomic mass is 35.5. The number of ether oxygens (including phenoxy) is 1. The number of carbonyl (C=O) groups is 3. The van der Waals surface area contributed by atoms with Gasteiger partial charge in [0.1, 0.15) is 5.75 Å². The Labute approximate surface area is 204 Å². The van der Waals surface area contributed by atoms with Crippen LogP contribution in [0.15, 0.2) is 42.5 Å². The van der Waals surface area contributed by atoms with Gasteiger partial charge in [-0.2, -0.15) is 0 Å². The molecule has 0 saturated carbocycles. The van der Waals surface area contributed by atoms with Crippen LogP contribution in [0.4, 0.5) is 16.2 Å². The number of nitrogens with zero attached hydrogens (tertiary/aromatic N) is 2. The molecule has 2 N–H and O–H groups in total. The fourth-order valence-corrected chi connectivity index (χ4v) is 4.25. The highest BCUT2D eigenvalue weighted by Crippen LogP contribution is 2.27. The maximum atomic E-state index is 12.7. The predicted molar refractivity (Wildman–Crippen MR) is 131 cm³/mol. The topological polar surface area (TPSA) is 91.0 Å². The molecule has 2 aromatic rings. The summed E-state index contributed by atoms with van der Waals surface area (Å²) in [7, 11) is 0. The van der Waals surface area contributed by atoms with Gasteiger partial charge in [0, 0.05) is 55.4 Å².